The lowest BCUT2D eigenvalue weighted by Crippen LogP contribution is -2.60. The zero-order valence-corrected chi connectivity index (χ0v) is 14.3. The Balaban J connectivity index is 2.32. The van der Waals surface area contributed by atoms with Crippen molar-refractivity contribution in [2.24, 2.45) is 17.3 Å². The first-order valence-corrected chi connectivity index (χ1v) is 8.60. The van der Waals surface area contributed by atoms with Gasteiger partial charge in [0.05, 0.1) is 6.04 Å². The van der Waals surface area contributed by atoms with Gasteiger partial charge in [-0.3, -0.25) is 9.59 Å². The van der Waals surface area contributed by atoms with E-state index in [-0.39, 0.29) is 23.7 Å². The van der Waals surface area contributed by atoms with Crippen LogP contribution in [-0.2, 0) is 9.59 Å². The van der Waals surface area contributed by atoms with Crippen LogP contribution in [-0.4, -0.2) is 28.7 Å². The molecule has 3 atom stereocenters. The monoisotopic (exact) mass is 293 g/mol. The molecule has 1 aliphatic heterocycles. The molecular weight excluding hydrogens is 262 g/mol. The molecular formula is C18H31NO2. The van der Waals surface area contributed by atoms with Gasteiger partial charge in [-0.05, 0) is 31.6 Å². The summed E-state index contributed by atoms with van der Waals surface area (Å²) in [7, 11) is 0. The van der Waals surface area contributed by atoms with Gasteiger partial charge in [0.1, 0.15) is 0 Å². The van der Waals surface area contributed by atoms with Crippen LogP contribution in [0.3, 0.4) is 0 Å². The van der Waals surface area contributed by atoms with Gasteiger partial charge in [-0.25, -0.2) is 0 Å². The van der Waals surface area contributed by atoms with E-state index in [1.54, 1.807) is 0 Å². The summed E-state index contributed by atoms with van der Waals surface area (Å²) in [4.78, 5) is 27.6. The maximum Gasteiger partial charge on any atom is 0.228 e. The van der Waals surface area contributed by atoms with Gasteiger partial charge in [-0.2, -0.15) is 0 Å². The Hall–Kier alpha value is -0.860. The SMILES string of the molecule is CC(C)C(=O)C1CCC2CCCCC2N1C(=O)C(C)(C)C. The van der Waals surface area contributed by atoms with E-state index in [0.717, 1.165) is 19.3 Å². The molecule has 2 rings (SSSR count). The number of piperidine rings is 1. The molecule has 1 heterocycles. The Morgan fingerprint density at radius 1 is 1.00 bits per heavy atom. The molecule has 21 heavy (non-hydrogen) atoms. The number of hydrogen-bond donors (Lipinski definition) is 0. The summed E-state index contributed by atoms with van der Waals surface area (Å²) in [5.41, 5.74) is -0.408. The number of amides is 1. The Morgan fingerprint density at radius 2 is 1.62 bits per heavy atom. The molecule has 0 bridgehead atoms. The number of carbonyl (C=O) groups excluding carboxylic acids is 2. The molecule has 0 radical (unpaired) electrons. The number of nitrogens with zero attached hydrogens (tertiary/aromatic N) is 1. The summed E-state index contributed by atoms with van der Waals surface area (Å²) >= 11 is 0. The summed E-state index contributed by atoms with van der Waals surface area (Å²) in [6, 6.07) is 0.114. The number of ketones is 1. The van der Waals surface area contributed by atoms with Gasteiger partial charge in [0.2, 0.25) is 5.91 Å². The molecule has 0 spiro atoms. The minimum absolute atomic E-state index is 0.00501. The predicted octanol–water partition coefficient (Wildman–Crippen LogP) is 3.81. The van der Waals surface area contributed by atoms with E-state index in [0.29, 0.717) is 12.0 Å². The molecule has 3 unspecified atom stereocenters. The average Bonchev–Trinajstić information content (AvgIpc) is 2.43. The highest BCUT2D eigenvalue weighted by molar-refractivity contribution is 5.92. The fraction of sp³-hybridized carbons (Fsp3) is 0.889. The Bertz CT molecular complexity index is 408. The predicted molar refractivity (Wildman–Crippen MR) is 84.9 cm³/mol. The highest BCUT2D eigenvalue weighted by atomic mass is 16.2. The van der Waals surface area contributed by atoms with E-state index in [2.05, 4.69) is 0 Å². The van der Waals surface area contributed by atoms with Crippen LogP contribution in [0.2, 0.25) is 0 Å². The highest BCUT2D eigenvalue weighted by Crippen LogP contribution is 2.40. The van der Waals surface area contributed by atoms with E-state index in [9.17, 15) is 9.59 Å². The van der Waals surface area contributed by atoms with Gasteiger partial charge >= 0.3 is 0 Å². The smallest absolute Gasteiger partial charge is 0.228 e. The normalized spacial score (nSPS) is 30.2. The quantitative estimate of drug-likeness (QED) is 0.776. The van der Waals surface area contributed by atoms with Crippen LogP contribution >= 0.6 is 0 Å². The molecule has 1 saturated heterocycles. The molecule has 0 aromatic rings. The van der Waals surface area contributed by atoms with E-state index in [1.807, 2.05) is 39.5 Å². The second-order valence-corrected chi connectivity index (χ2v) is 8.22. The average molecular weight is 293 g/mol. The van der Waals surface area contributed by atoms with Gasteiger partial charge in [-0.1, -0.05) is 47.5 Å². The van der Waals surface area contributed by atoms with Crippen molar-refractivity contribution in [2.75, 3.05) is 0 Å². The number of rotatable bonds is 2. The van der Waals surface area contributed by atoms with E-state index in [1.165, 1.54) is 19.3 Å². The maximum atomic E-state index is 13.0. The molecule has 2 fully saturated rings. The zero-order chi connectivity index (χ0) is 15.8. The number of Topliss-reactive ketones (excluding diaryl/α,β-unsaturated/α-hetero) is 1. The second-order valence-electron chi connectivity index (χ2n) is 8.22. The van der Waals surface area contributed by atoms with E-state index >= 15 is 0 Å². The first kappa shape index (κ1) is 16.5. The van der Waals surface area contributed by atoms with Crippen molar-refractivity contribution in [3.05, 3.63) is 0 Å². The molecule has 3 heteroatoms. The third kappa shape index (κ3) is 3.32. The van der Waals surface area contributed by atoms with E-state index < -0.39 is 5.41 Å². The third-order valence-electron chi connectivity index (χ3n) is 5.15. The standard InChI is InChI=1S/C18H31NO2/c1-12(2)16(20)15-11-10-13-8-6-7-9-14(13)19(15)17(21)18(3,4)5/h12-15H,6-11H2,1-5H3. The molecule has 0 N–H and O–H groups in total. The number of fused-ring (bicyclic) bond motifs is 1. The van der Waals surface area contributed by atoms with Crippen LogP contribution in [0.4, 0.5) is 0 Å². The van der Waals surface area contributed by atoms with Crippen molar-refractivity contribution < 1.29 is 9.59 Å². The van der Waals surface area contributed by atoms with Crippen LogP contribution in [0.25, 0.3) is 0 Å². The second kappa shape index (κ2) is 6.10. The minimum Gasteiger partial charge on any atom is -0.329 e. The summed E-state index contributed by atoms with van der Waals surface area (Å²) in [5, 5.41) is 0. The van der Waals surface area contributed by atoms with Crippen LogP contribution in [0.5, 0.6) is 0 Å². The Kier molecular flexibility index (Phi) is 4.79. The van der Waals surface area contributed by atoms with Gasteiger partial charge in [0, 0.05) is 17.4 Å². The molecule has 0 aromatic heterocycles. The summed E-state index contributed by atoms with van der Waals surface area (Å²) in [5.74, 6) is 1.03. The van der Waals surface area contributed by atoms with Crippen molar-refractivity contribution in [1.29, 1.82) is 0 Å². The van der Waals surface area contributed by atoms with Crippen molar-refractivity contribution in [3.63, 3.8) is 0 Å². The summed E-state index contributed by atoms with van der Waals surface area (Å²) in [6.07, 6.45) is 6.75. The topological polar surface area (TPSA) is 37.4 Å². The van der Waals surface area contributed by atoms with Crippen LogP contribution in [0.1, 0.15) is 73.1 Å². The van der Waals surface area contributed by atoms with Gasteiger partial charge < -0.3 is 4.90 Å². The van der Waals surface area contributed by atoms with Crippen molar-refractivity contribution in [3.8, 4) is 0 Å². The van der Waals surface area contributed by atoms with Crippen LogP contribution < -0.4 is 0 Å². The molecule has 1 saturated carbocycles. The minimum atomic E-state index is -0.408. The fourth-order valence-corrected chi connectivity index (χ4v) is 3.98. The summed E-state index contributed by atoms with van der Waals surface area (Å²) < 4.78 is 0. The molecule has 1 aliphatic carbocycles. The Morgan fingerprint density at radius 3 is 2.19 bits per heavy atom. The van der Waals surface area contributed by atoms with Crippen LogP contribution in [0.15, 0.2) is 0 Å². The Labute approximate surface area is 129 Å². The molecule has 1 amide bonds. The molecule has 120 valence electrons. The first-order chi connectivity index (χ1) is 9.73. The first-order valence-electron chi connectivity index (χ1n) is 8.60. The fourth-order valence-electron chi connectivity index (χ4n) is 3.98. The lowest BCUT2D eigenvalue weighted by molar-refractivity contribution is -0.156. The van der Waals surface area contributed by atoms with Gasteiger partial charge in [0.25, 0.3) is 0 Å². The van der Waals surface area contributed by atoms with Crippen molar-refractivity contribution in [1.82, 2.24) is 4.90 Å². The lowest BCUT2D eigenvalue weighted by Gasteiger charge is -2.50. The largest absolute Gasteiger partial charge is 0.329 e. The van der Waals surface area contributed by atoms with Crippen molar-refractivity contribution >= 4 is 11.7 Å². The summed E-state index contributed by atoms with van der Waals surface area (Å²) in [6.45, 7) is 9.82. The van der Waals surface area contributed by atoms with Crippen LogP contribution in [0, 0.1) is 17.3 Å². The number of likely N-dealkylation sites (tertiary alicyclic amines) is 1. The van der Waals surface area contributed by atoms with Gasteiger partial charge in [-0.15, -0.1) is 0 Å². The molecule has 3 nitrogen and oxygen atoms in total. The maximum absolute atomic E-state index is 13.0. The van der Waals surface area contributed by atoms with E-state index in [4.69, 9.17) is 0 Å². The lowest BCUT2D eigenvalue weighted by atomic mass is 9.73. The zero-order valence-electron chi connectivity index (χ0n) is 14.3. The third-order valence-corrected chi connectivity index (χ3v) is 5.15. The highest BCUT2D eigenvalue weighted by Gasteiger charge is 2.46. The number of carbonyl (C=O) groups is 2. The molecule has 0 aromatic carbocycles. The van der Waals surface area contributed by atoms with Crippen molar-refractivity contribution in [2.45, 2.75) is 85.2 Å². The number of hydrogen-bond acceptors (Lipinski definition) is 2. The van der Waals surface area contributed by atoms with Gasteiger partial charge in [0.15, 0.2) is 5.78 Å². The molecule has 2 aliphatic rings.